The zero-order valence-corrected chi connectivity index (χ0v) is 14.2. The van der Waals surface area contributed by atoms with Crippen LogP contribution in [-0.4, -0.2) is 35.2 Å². The Bertz CT molecular complexity index is 895. The van der Waals surface area contributed by atoms with Gasteiger partial charge in [0.05, 0.1) is 11.4 Å². The van der Waals surface area contributed by atoms with Crippen LogP contribution in [0.3, 0.4) is 0 Å². The van der Waals surface area contributed by atoms with Crippen molar-refractivity contribution in [3.05, 3.63) is 46.4 Å². The lowest BCUT2D eigenvalue weighted by Gasteiger charge is -2.09. The minimum Gasteiger partial charge on any atom is -0.319 e. The number of carbonyl (C=O) groups is 1. The van der Waals surface area contributed by atoms with Crippen LogP contribution >= 0.6 is 0 Å². The molecule has 0 aliphatic carbocycles. The lowest BCUT2D eigenvalue weighted by Crippen LogP contribution is -2.33. The molecule has 1 aromatic carbocycles. The van der Waals surface area contributed by atoms with Crippen molar-refractivity contribution in [2.45, 2.75) is 19.1 Å². The molecule has 0 fully saturated rings. The molecule has 0 radical (unpaired) electrons. The second kappa shape index (κ2) is 6.04. The molecule has 1 heterocycles. The Morgan fingerprint density at radius 3 is 2.30 bits per heavy atom. The molecule has 0 aliphatic heterocycles. The van der Waals surface area contributed by atoms with Crippen molar-refractivity contribution in [3.8, 4) is 5.69 Å². The van der Waals surface area contributed by atoms with E-state index in [9.17, 15) is 18.0 Å². The van der Waals surface area contributed by atoms with Crippen molar-refractivity contribution in [1.82, 2.24) is 9.36 Å². The summed E-state index contributed by atoms with van der Waals surface area (Å²) in [5.41, 5.74) is 0.856. The highest BCUT2D eigenvalue weighted by Gasteiger charge is 2.26. The molecule has 1 amide bonds. The molecule has 1 atom stereocenters. The van der Waals surface area contributed by atoms with Crippen LogP contribution in [0.2, 0.25) is 0 Å². The minimum atomic E-state index is -3.53. The third-order valence-corrected chi connectivity index (χ3v) is 5.31. The lowest BCUT2D eigenvalue weighted by molar-refractivity contribution is -0.115. The summed E-state index contributed by atoms with van der Waals surface area (Å²) < 4.78 is 26.0. The number of nitrogens with one attached hydrogen (secondary N) is 1. The van der Waals surface area contributed by atoms with Crippen molar-refractivity contribution < 1.29 is 13.2 Å². The van der Waals surface area contributed by atoms with Gasteiger partial charge >= 0.3 is 0 Å². The summed E-state index contributed by atoms with van der Waals surface area (Å²) in [6.07, 6.45) is 0.983. The predicted molar refractivity (Wildman–Crippen MR) is 88.7 cm³/mol. The van der Waals surface area contributed by atoms with Gasteiger partial charge in [-0.2, -0.15) is 0 Å². The van der Waals surface area contributed by atoms with E-state index in [-0.39, 0.29) is 5.69 Å². The van der Waals surface area contributed by atoms with E-state index >= 15 is 0 Å². The standard InChI is InChI=1S/C15H19N3O4S/c1-10-13(16-14(19)11(2)23(4,21)22)15(20)18(17(10)3)12-8-6-5-7-9-12/h5-9,11H,1-4H3,(H,16,19)/t11-/m0/s1. The van der Waals surface area contributed by atoms with Gasteiger partial charge in [-0.15, -0.1) is 0 Å². The number of hydrogen-bond donors (Lipinski definition) is 1. The summed E-state index contributed by atoms with van der Waals surface area (Å²) in [4.78, 5) is 24.7. The maximum Gasteiger partial charge on any atom is 0.295 e. The molecule has 0 aliphatic rings. The Labute approximate surface area is 134 Å². The topological polar surface area (TPSA) is 90.2 Å². The van der Waals surface area contributed by atoms with E-state index in [0.29, 0.717) is 11.4 Å². The summed E-state index contributed by atoms with van der Waals surface area (Å²) in [7, 11) is -1.84. The predicted octanol–water partition coefficient (Wildman–Crippen LogP) is 0.856. The SMILES string of the molecule is Cc1c(NC(=O)[C@H](C)S(C)(=O)=O)c(=O)n(-c2ccccc2)n1C. The average molecular weight is 337 g/mol. The minimum absolute atomic E-state index is 0.0804. The maximum atomic E-state index is 12.6. The maximum absolute atomic E-state index is 12.6. The quantitative estimate of drug-likeness (QED) is 0.896. The molecule has 1 N–H and O–H groups in total. The number of amides is 1. The van der Waals surface area contributed by atoms with Crippen molar-refractivity contribution >= 4 is 21.4 Å². The number of anilines is 1. The van der Waals surface area contributed by atoms with Crippen molar-refractivity contribution in [3.63, 3.8) is 0 Å². The van der Waals surface area contributed by atoms with Crippen molar-refractivity contribution in [1.29, 1.82) is 0 Å². The zero-order chi connectivity index (χ0) is 17.4. The van der Waals surface area contributed by atoms with E-state index in [4.69, 9.17) is 0 Å². The normalized spacial score (nSPS) is 12.9. The Balaban J connectivity index is 2.47. The van der Waals surface area contributed by atoms with Crippen LogP contribution in [-0.2, 0) is 21.7 Å². The van der Waals surface area contributed by atoms with Gasteiger partial charge in [-0.25, -0.2) is 13.1 Å². The van der Waals surface area contributed by atoms with Gasteiger partial charge in [-0.05, 0) is 26.0 Å². The van der Waals surface area contributed by atoms with E-state index in [2.05, 4.69) is 5.32 Å². The van der Waals surface area contributed by atoms with Gasteiger partial charge in [0.2, 0.25) is 5.91 Å². The molecule has 2 rings (SSSR count). The van der Waals surface area contributed by atoms with E-state index in [0.717, 1.165) is 6.26 Å². The first-order valence-corrected chi connectivity index (χ1v) is 8.93. The second-order valence-electron chi connectivity index (χ2n) is 5.40. The van der Waals surface area contributed by atoms with E-state index < -0.39 is 26.6 Å². The number of rotatable bonds is 4. The molecule has 0 spiro atoms. The molecular weight excluding hydrogens is 318 g/mol. The van der Waals surface area contributed by atoms with Crippen LogP contribution in [0.4, 0.5) is 5.69 Å². The summed E-state index contributed by atoms with van der Waals surface area (Å²) in [5, 5.41) is 1.21. The Hall–Kier alpha value is -2.35. The van der Waals surface area contributed by atoms with Crippen LogP contribution in [0.25, 0.3) is 5.69 Å². The molecule has 0 saturated carbocycles. The molecule has 8 heteroatoms. The number of aromatic nitrogens is 2. The largest absolute Gasteiger partial charge is 0.319 e. The molecule has 0 bridgehead atoms. The smallest absolute Gasteiger partial charge is 0.295 e. The summed E-state index contributed by atoms with van der Waals surface area (Å²) in [6, 6.07) is 8.97. The van der Waals surface area contributed by atoms with Gasteiger partial charge in [-0.3, -0.25) is 14.3 Å². The van der Waals surface area contributed by atoms with Crippen LogP contribution in [0, 0.1) is 6.92 Å². The zero-order valence-electron chi connectivity index (χ0n) is 13.4. The van der Waals surface area contributed by atoms with E-state index in [1.807, 2.05) is 6.07 Å². The molecule has 0 saturated heterocycles. The Kier molecular flexibility index (Phi) is 4.46. The number of hydrogen-bond acceptors (Lipinski definition) is 4. The van der Waals surface area contributed by atoms with Gasteiger partial charge < -0.3 is 5.32 Å². The number of sulfone groups is 1. The molecule has 2 aromatic rings. The van der Waals surface area contributed by atoms with Crippen LogP contribution < -0.4 is 10.9 Å². The van der Waals surface area contributed by atoms with Gasteiger partial charge in [0.15, 0.2) is 9.84 Å². The molecule has 7 nitrogen and oxygen atoms in total. The summed E-state index contributed by atoms with van der Waals surface area (Å²) >= 11 is 0. The fourth-order valence-corrected chi connectivity index (χ4v) is 2.58. The summed E-state index contributed by atoms with van der Waals surface area (Å²) in [5.74, 6) is -0.724. The number of para-hydroxylation sites is 1. The van der Waals surface area contributed by atoms with Gasteiger partial charge in [0.1, 0.15) is 10.9 Å². The van der Waals surface area contributed by atoms with Crippen LogP contribution in [0.1, 0.15) is 12.6 Å². The first-order valence-electron chi connectivity index (χ1n) is 6.98. The molecule has 1 aromatic heterocycles. The summed E-state index contributed by atoms with van der Waals surface area (Å²) in [6.45, 7) is 2.97. The number of nitrogens with zero attached hydrogens (tertiary/aromatic N) is 2. The first-order chi connectivity index (χ1) is 10.6. The lowest BCUT2D eigenvalue weighted by atomic mass is 10.3. The highest BCUT2D eigenvalue weighted by molar-refractivity contribution is 7.92. The average Bonchev–Trinajstić information content (AvgIpc) is 2.70. The Morgan fingerprint density at radius 1 is 1.22 bits per heavy atom. The van der Waals surface area contributed by atoms with Crippen LogP contribution in [0.15, 0.2) is 35.1 Å². The first kappa shape index (κ1) is 17.0. The molecule has 124 valence electrons. The highest BCUT2D eigenvalue weighted by atomic mass is 32.2. The fraction of sp³-hybridized carbons (Fsp3) is 0.333. The number of carbonyl (C=O) groups excluding carboxylic acids is 1. The fourth-order valence-electron chi connectivity index (χ4n) is 2.13. The monoisotopic (exact) mass is 337 g/mol. The van der Waals surface area contributed by atoms with Gasteiger partial charge in [-0.1, -0.05) is 18.2 Å². The van der Waals surface area contributed by atoms with Crippen molar-refractivity contribution in [2.24, 2.45) is 7.05 Å². The third kappa shape index (κ3) is 3.21. The Morgan fingerprint density at radius 2 is 1.78 bits per heavy atom. The molecule has 23 heavy (non-hydrogen) atoms. The van der Waals surface area contributed by atoms with E-state index in [1.54, 1.807) is 42.9 Å². The second-order valence-corrected chi connectivity index (χ2v) is 7.76. The molecule has 0 unspecified atom stereocenters. The number of benzene rings is 1. The van der Waals surface area contributed by atoms with Gasteiger partial charge in [0.25, 0.3) is 5.56 Å². The third-order valence-electron chi connectivity index (χ3n) is 3.81. The highest BCUT2D eigenvalue weighted by Crippen LogP contribution is 2.14. The molecular formula is C15H19N3O4S. The van der Waals surface area contributed by atoms with Crippen molar-refractivity contribution in [2.75, 3.05) is 11.6 Å². The van der Waals surface area contributed by atoms with Gasteiger partial charge in [0, 0.05) is 13.3 Å². The van der Waals surface area contributed by atoms with E-state index in [1.165, 1.54) is 11.6 Å². The van der Waals surface area contributed by atoms with Crippen LogP contribution in [0.5, 0.6) is 0 Å².